The molecule has 1 aliphatic carbocycles. The quantitative estimate of drug-likeness (QED) is 0.766. The fourth-order valence-electron chi connectivity index (χ4n) is 3.42. The summed E-state index contributed by atoms with van der Waals surface area (Å²) in [7, 11) is 0. The highest BCUT2D eigenvalue weighted by molar-refractivity contribution is 5.01. The third-order valence-electron chi connectivity index (χ3n) is 4.31. The second kappa shape index (κ2) is 6.19. The molecule has 0 aromatic heterocycles. The smallest absolute Gasteiger partial charge is 0.0274 e. The van der Waals surface area contributed by atoms with Gasteiger partial charge in [0, 0.05) is 18.1 Å². The minimum atomic E-state index is 0.446. The average Bonchev–Trinajstić information content (AvgIpc) is 2.52. The molecule has 1 aliphatic rings. The zero-order chi connectivity index (χ0) is 13.1. The molecule has 0 aliphatic heterocycles. The van der Waals surface area contributed by atoms with E-state index in [1.54, 1.807) is 0 Å². The van der Waals surface area contributed by atoms with E-state index in [1.165, 1.54) is 25.8 Å². The van der Waals surface area contributed by atoms with Crippen LogP contribution in [0.5, 0.6) is 0 Å². The molecular weight excluding hydrogens is 208 g/mol. The Labute approximate surface area is 108 Å². The van der Waals surface area contributed by atoms with Gasteiger partial charge in [0.05, 0.1) is 0 Å². The van der Waals surface area contributed by atoms with Crippen LogP contribution in [-0.4, -0.2) is 36.1 Å². The highest BCUT2D eigenvalue weighted by atomic mass is 15.2. The lowest BCUT2D eigenvalue weighted by Gasteiger charge is -2.39. The lowest BCUT2D eigenvalue weighted by molar-refractivity contribution is 0.114. The van der Waals surface area contributed by atoms with Crippen LogP contribution in [0, 0.1) is 5.41 Å². The molecule has 2 nitrogen and oxygen atoms in total. The molecule has 0 heterocycles. The van der Waals surface area contributed by atoms with Gasteiger partial charge in [0.1, 0.15) is 0 Å². The zero-order valence-corrected chi connectivity index (χ0v) is 12.7. The van der Waals surface area contributed by atoms with Crippen molar-refractivity contribution < 1.29 is 0 Å². The van der Waals surface area contributed by atoms with Gasteiger partial charge in [0.15, 0.2) is 0 Å². The number of likely N-dealkylation sites (N-methyl/N-ethyl adjacent to an activating group) is 1. The topological polar surface area (TPSA) is 15.3 Å². The van der Waals surface area contributed by atoms with Crippen LogP contribution in [0.2, 0.25) is 0 Å². The standard InChI is InChI=1S/C15H32N2/c1-7-11-17(12(3)4)13-9-10-15(5,6)14(13)16-8-2/h12-14,16H,7-11H2,1-6H3. The van der Waals surface area contributed by atoms with Crippen molar-refractivity contribution in [2.75, 3.05) is 13.1 Å². The van der Waals surface area contributed by atoms with Gasteiger partial charge in [-0.05, 0) is 51.6 Å². The SMILES string of the molecule is CCCN(C(C)C)C1CCC(C)(C)C1NCC. The molecule has 0 saturated heterocycles. The van der Waals surface area contributed by atoms with E-state index < -0.39 is 0 Å². The Kier molecular flexibility index (Phi) is 5.46. The molecule has 1 N–H and O–H groups in total. The molecule has 0 aromatic carbocycles. The van der Waals surface area contributed by atoms with Crippen molar-refractivity contribution in [1.29, 1.82) is 0 Å². The summed E-state index contributed by atoms with van der Waals surface area (Å²) >= 11 is 0. The van der Waals surface area contributed by atoms with Crippen molar-refractivity contribution in [1.82, 2.24) is 10.2 Å². The summed E-state index contributed by atoms with van der Waals surface area (Å²) in [5.74, 6) is 0. The van der Waals surface area contributed by atoms with Crippen LogP contribution in [0.1, 0.15) is 60.8 Å². The van der Waals surface area contributed by atoms with E-state index in [4.69, 9.17) is 0 Å². The van der Waals surface area contributed by atoms with Crippen molar-refractivity contribution in [3.63, 3.8) is 0 Å². The first-order valence-electron chi connectivity index (χ1n) is 7.43. The van der Waals surface area contributed by atoms with E-state index >= 15 is 0 Å². The first-order chi connectivity index (χ1) is 7.94. The number of nitrogens with zero attached hydrogens (tertiary/aromatic N) is 1. The van der Waals surface area contributed by atoms with Crippen LogP contribution in [0.3, 0.4) is 0 Å². The maximum absolute atomic E-state index is 3.74. The molecule has 0 aromatic rings. The predicted octanol–water partition coefficient (Wildman–Crippen LogP) is 3.27. The normalized spacial score (nSPS) is 28.2. The maximum Gasteiger partial charge on any atom is 0.0274 e. The van der Waals surface area contributed by atoms with E-state index in [0.717, 1.165) is 12.6 Å². The summed E-state index contributed by atoms with van der Waals surface area (Å²) in [6, 6.07) is 2.04. The summed E-state index contributed by atoms with van der Waals surface area (Å²) in [6.45, 7) is 16.4. The monoisotopic (exact) mass is 240 g/mol. The van der Waals surface area contributed by atoms with Gasteiger partial charge < -0.3 is 5.32 Å². The van der Waals surface area contributed by atoms with E-state index in [1.807, 2.05) is 0 Å². The second-order valence-electron chi connectivity index (χ2n) is 6.46. The van der Waals surface area contributed by atoms with E-state index in [9.17, 15) is 0 Å². The fraction of sp³-hybridized carbons (Fsp3) is 1.00. The van der Waals surface area contributed by atoms with Crippen LogP contribution in [0.4, 0.5) is 0 Å². The number of nitrogens with one attached hydrogen (secondary N) is 1. The van der Waals surface area contributed by atoms with Gasteiger partial charge in [-0.15, -0.1) is 0 Å². The van der Waals surface area contributed by atoms with Crippen molar-refractivity contribution >= 4 is 0 Å². The lowest BCUT2D eigenvalue weighted by Crippen LogP contribution is -2.53. The molecule has 17 heavy (non-hydrogen) atoms. The van der Waals surface area contributed by atoms with Crippen LogP contribution >= 0.6 is 0 Å². The third-order valence-corrected chi connectivity index (χ3v) is 4.31. The van der Waals surface area contributed by atoms with Gasteiger partial charge in [-0.2, -0.15) is 0 Å². The molecule has 0 spiro atoms. The summed E-state index contributed by atoms with van der Waals surface area (Å²) in [4.78, 5) is 2.71. The molecule has 102 valence electrons. The molecular formula is C15H32N2. The predicted molar refractivity (Wildman–Crippen MR) is 76.4 cm³/mol. The Morgan fingerprint density at radius 1 is 1.29 bits per heavy atom. The molecule has 1 saturated carbocycles. The Morgan fingerprint density at radius 2 is 1.94 bits per heavy atom. The maximum atomic E-state index is 3.74. The summed E-state index contributed by atoms with van der Waals surface area (Å²) in [5.41, 5.74) is 0.446. The second-order valence-corrected chi connectivity index (χ2v) is 6.46. The van der Waals surface area contributed by atoms with Crippen LogP contribution in [0.25, 0.3) is 0 Å². The number of hydrogen-bond donors (Lipinski definition) is 1. The van der Waals surface area contributed by atoms with Gasteiger partial charge in [-0.25, -0.2) is 0 Å². The van der Waals surface area contributed by atoms with Crippen LogP contribution in [0.15, 0.2) is 0 Å². The Hall–Kier alpha value is -0.0800. The molecule has 2 unspecified atom stereocenters. The fourth-order valence-corrected chi connectivity index (χ4v) is 3.42. The Balaban J connectivity index is 2.79. The van der Waals surface area contributed by atoms with Gasteiger partial charge in [-0.3, -0.25) is 4.90 Å². The molecule has 0 amide bonds. The van der Waals surface area contributed by atoms with E-state index in [0.29, 0.717) is 17.5 Å². The van der Waals surface area contributed by atoms with Crippen molar-refractivity contribution in [2.45, 2.75) is 78.9 Å². The number of rotatable bonds is 6. The van der Waals surface area contributed by atoms with Crippen molar-refractivity contribution in [3.05, 3.63) is 0 Å². The summed E-state index contributed by atoms with van der Waals surface area (Å²) in [5, 5.41) is 3.74. The van der Waals surface area contributed by atoms with Gasteiger partial charge in [-0.1, -0.05) is 27.7 Å². The van der Waals surface area contributed by atoms with E-state index in [2.05, 4.69) is 51.8 Å². The van der Waals surface area contributed by atoms with Crippen molar-refractivity contribution in [2.24, 2.45) is 5.41 Å². The zero-order valence-electron chi connectivity index (χ0n) is 12.7. The van der Waals surface area contributed by atoms with Crippen LogP contribution < -0.4 is 5.32 Å². The average molecular weight is 240 g/mol. The summed E-state index contributed by atoms with van der Waals surface area (Å²) in [6.07, 6.45) is 3.96. The molecule has 0 bridgehead atoms. The Bertz CT molecular complexity index is 223. The first kappa shape index (κ1) is 15.0. The third kappa shape index (κ3) is 3.45. The van der Waals surface area contributed by atoms with Gasteiger partial charge >= 0.3 is 0 Å². The minimum Gasteiger partial charge on any atom is -0.312 e. The minimum absolute atomic E-state index is 0.446. The highest BCUT2D eigenvalue weighted by Gasteiger charge is 2.44. The lowest BCUT2D eigenvalue weighted by atomic mass is 9.86. The molecule has 2 heteroatoms. The van der Waals surface area contributed by atoms with Crippen molar-refractivity contribution in [3.8, 4) is 0 Å². The Morgan fingerprint density at radius 3 is 2.41 bits per heavy atom. The molecule has 1 fully saturated rings. The summed E-state index contributed by atoms with van der Waals surface area (Å²) < 4.78 is 0. The molecule has 1 rings (SSSR count). The molecule has 2 atom stereocenters. The number of hydrogen-bond acceptors (Lipinski definition) is 2. The van der Waals surface area contributed by atoms with Gasteiger partial charge in [0.2, 0.25) is 0 Å². The van der Waals surface area contributed by atoms with Gasteiger partial charge in [0.25, 0.3) is 0 Å². The highest BCUT2D eigenvalue weighted by Crippen LogP contribution is 2.40. The molecule has 0 radical (unpaired) electrons. The largest absolute Gasteiger partial charge is 0.312 e. The van der Waals surface area contributed by atoms with E-state index in [-0.39, 0.29) is 0 Å². The van der Waals surface area contributed by atoms with Crippen LogP contribution in [-0.2, 0) is 0 Å². The first-order valence-corrected chi connectivity index (χ1v) is 7.43.